The van der Waals surface area contributed by atoms with Gasteiger partial charge >= 0.3 is 0 Å². The predicted octanol–water partition coefficient (Wildman–Crippen LogP) is 1.63. The van der Waals surface area contributed by atoms with Crippen molar-refractivity contribution in [3.63, 3.8) is 0 Å². The van der Waals surface area contributed by atoms with E-state index in [1.807, 2.05) is 0 Å². The monoisotopic (exact) mass is 238 g/mol. The molecule has 1 N–H and O–H groups in total. The lowest BCUT2D eigenvalue weighted by Gasteiger charge is -2.41. The Morgan fingerprint density at radius 1 is 1.29 bits per heavy atom. The van der Waals surface area contributed by atoms with Gasteiger partial charge in [0.05, 0.1) is 12.7 Å². The Kier molecular flexibility index (Phi) is 3.69. The van der Waals surface area contributed by atoms with E-state index in [1.165, 1.54) is 51.7 Å². The van der Waals surface area contributed by atoms with Gasteiger partial charge < -0.3 is 10.1 Å². The molecule has 98 valence electrons. The van der Waals surface area contributed by atoms with Crippen LogP contribution in [0.15, 0.2) is 0 Å². The van der Waals surface area contributed by atoms with Crippen LogP contribution >= 0.6 is 0 Å². The molecule has 1 aliphatic carbocycles. The van der Waals surface area contributed by atoms with Crippen molar-refractivity contribution in [3.8, 4) is 0 Å². The molecule has 0 aromatic heterocycles. The van der Waals surface area contributed by atoms with Crippen LogP contribution in [-0.4, -0.2) is 49.3 Å². The number of hydrogen-bond donors (Lipinski definition) is 1. The summed E-state index contributed by atoms with van der Waals surface area (Å²) in [4.78, 5) is 2.74. The molecule has 3 nitrogen and oxygen atoms in total. The average Bonchev–Trinajstić information content (AvgIpc) is 2.78. The SMILES string of the molecule is CC1CC(CN2CCOC3CCCC32)CCN1. The fourth-order valence-corrected chi connectivity index (χ4v) is 3.96. The molecule has 0 amide bonds. The van der Waals surface area contributed by atoms with Gasteiger partial charge in [-0.3, -0.25) is 4.90 Å². The molecule has 3 fully saturated rings. The summed E-state index contributed by atoms with van der Waals surface area (Å²) in [5.74, 6) is 0.908. The first kappa shape index (κ1) is 11.9. The molecule has 3 heteroatoms. The molecular weight excluding hydrogens is 212 g/mol. The van der Waals surface area contributed by atoms with Crippen LogP contribution in [0, 0.1) is 5.92 Å². The summed E-state index contributed by atoms with van der Waals surface area (Å²) >= 11 is 0. The standard InChI is InChI=1S/C14H26N2O/c1-11-9-12(5-6-15-11)10-16-7-8-17-14-4-2-3-13(14)16/h11-15H,2-10H2,1H3. The van der Waals surface area contributed by atoms with Crippen LogP contribution in [0.1, 0.15) is 39.0 Å². The number of fused-ring (bicyclic) bond motifs is 1. The van der Waals surface area contributed by atoms with Gasteiger partial charge in [-0.1, -0.05) is 0 Å². The first-order chi connectivity index (χ1) is 8.33. The maximum absolute atomic E-state index is 5.89. The summed E-state index contributed by atoms with van der Waals surface area (Å²) in [5.41, 5.74) is 0. The van der Waals surface area contributed by atoms with E-state index >= 15 is 0 Å². The highest BCUT2D eigenvalue weighted by molar-refractivity contribution is 4.90. The molecule has 0 aromatic carbocycles. The quantitative estimate of drug-likeness (QED) is 0.791. The van der Waals surface area contributed by atoms with Gasteiger partial charge in [-0.15, -0.1) is 0 Å². The first-order valence-corrected chi connectivity index (χ1v) is 7.42. The maximum Gasteiger partial charge on any atom is 0.0730 e. The normalized spacial score (nSPS) is 43.6. The molecule has 2 aliphatic heterocycles. The Balaban J connectivity index is 1.56. The fourth-order valence-electron chi connectivity index (χ4n) is 3.96. The summed E-state index contributed by atoms with van der Waals surface area (Å²) in [6.07, 6.45) is 7.31. The largest absolute Gasteiger partial charge is 0.375 e. The number of rotatable bonds is 2. The zero-order valence-electron chi connectivity index (χ0n) is 11.0. The summed E-state index contributed by atoms with van der Waals surface area (Å²) in [7, 11) is 0. The molecular formula is C14H26N2O. The maximum atomic E-state index is 5.89. The smallest absolute Gasteiger partial charge is 0.0730 e. The minimum absolute atomic E-state index is 0.558. The van der Waals surface area contributed by atoms with E-state index in [1.54, 1.807) is 0 Å². The van der Waals surface area contributed by atoms with Gasteiger partial charge in [0.25, 0.3) is 0 Å². The lowest BCUT2D eigenvalue weighted by atomic mass is 9.92. The molecule has 2 heterocycles. The lowest BCUT2D eigenvalue weighted by molar-refractivity contribution is -0.0618. The third-order valence-electron chi connectivity index (χ3n) is 4.82. The van der Waals surface area contributed by atoms with Gasteiger partial charge in [-0.25, -0.2) is 0 Å². The molecule has 4 unspecified atom stereocenters. The van der Waals surface area contributed by atoms with Crippen LogP contribution in [0.3, 0.4) is 0 Å². The second kappa shape index (κ2) is 5.25. The van der Waals surface area contributed by atoms with Crippen LogP contribution < -0.4 is 5.32 Å². The molecule has 3 rings (SSSR count). The second-order valence-electron chi connectivity index (χ2n) is 6.15. The number of piperidine rings is 1. The highest BCUT2D eigenvalue weighted by Gasteiger charge is 2.37. The summed E-state index contributed by atoms with van der Waals surface area (Å²) in [5, 5.41) is 3.55. The van der Waals surface area contributed by atoms with E-state index in [0.717, 1.165) is 18.6 Å². The van der Waals surface area contributed by atoms with Crippen molar-refractivity contribution in [2.45, 2.75) is 57.2 Å². The van der Waals surface area contributed by atoms with Gasteiger partial charge in [-0.05, 0) is 51.5 Å². The van der Waals surface area contributed by atoms with E-state index < -0.39 is 0 Å². The summed E-state index contributed by atoms with van der Waals surface area (Å²) in [6.45, 7) is 6.98. The number of hydrogen-bond acceptors (Lipinski definition) is 3. The molecule has 1 saturated carbocycles. The third kappa shape index (κ3) is 2.67. The average molecular weight is 238 g/mol. The van der Waals surface area contributed by atoms with E-state index in [4.69, 9.17) is 4.74 Å². The Bertz CT molecular complexity index is 259. The number of nitrogens with zero attached hydrogens (tertiary/aromatic N) is 1. The van der Waals surface area contributed by atoms with Gasteiger partial charge in [-0.2, -0.15) is 0 Å². The molecule has 3 aliphatic rings. The highest BCUT2D eigenvalue weighted by Crippen LogP contribution is 2.31. The second-order valence-corrected chi connectivity index (χ2v) is 6.15. The highest BCUT2D eigenvalue weighted by atomic mass is 16.5. The Morgan fingerprint density at radius 3 is 3.12 bits per heavy atom. The minimum atomic E-state index is 0.558. The Labute approximate surface area is 105 Å². The zero-order valence-corrected chi connectivity index (χ0v) is 11.0. The van der Waals surface area contributed by atoms with Crippen molar-refractivity contribution in [1.29, 1.82) is 0 Å². The van der Waals surface area contributed by atoms with E-state index in [9.17, 15) is 0 Å². The zero-order chi connectivity index (χ0) is 11.7. The predicted molar refractivity (Wildman–Crippen MR) is 69.1 cm³/mol. The van der Waals surface area contributed by atoms with Crippen molar-refractivity contribution in [1.82, 2.24) is 10.2 Å². The number of morpholine rings is 1. The molecule has 0 bridgehead atoms. The molecule has 17 heavy (non-hydrogen) atoms. The van der Waals surface area contributed by atoms with E-state index in [2.05, 4.69) is 17.1 Å². The van der Waals surface area contributed by atoms with Crippen LogP contribution in [0.4, 0.5) is 0 Å². The molecule has 4 atom stereocenters. The van der Waals surface area contributed by atoms with Crippen molar-refractivity contribution in [3.05, 3.63) is 0 Å². The number of nitrogens with one attached hydrogen (secondary N) is 1. The molecule has 0 radical (unpaired) electrons. The molecule has 2 saturated heterocycles. The fraction of sp³-hybridized carbons (Fsp3) is 1.00. The number of ether oxygens (including phenoxy) is 1. The Hall–Kier alpha value is -0.120. The van der Waals surface area contributed by atoms with Crippen molar-refractivity contribution < 1.29 is 4.74 Å². The topological polar surface area (TPSA) is 24.5 Å². The molecule has 0 spiro atoms. The van der Waals surface area contributed by atoms with Gasteiger partial charge in [0, 0.05) is 25.2 Å². The van der Waals surface area contributed by atoms with Crippen molar-refractivity contribution in [2.75, 3.05) is 26.2 Å². The summed E-state index contributed by atoms with van der Waals surface area (Å²) in [6, 6.07) is 1.46. The van der Waals surface area contributed by atoms with E-state index in [-0.39, 0.29) is 0 Å². The lowest BCUT2D eigenvalue weighted by Crippen LogP contribution is -2.51. The molecule has 0 aromatic rings. The van der Waals surface area contributed by atoms with Crippen LogP contribution in [-0.2, 0) is 4.74 Å². The van der Waals surface area contributed by atoms with Crippen molar-refractivity contribution >= 4 is 0 Å². The first-order valence-electron chi connectivity index (χ1n) is 7.42. The minimum Gasteiger partial charge on any atom is -0.375 e. The third-order valence-corrected chi connectivity index (χ3v) is 4.82. The summed E-state index contributed by atoms with van der Waals surface area (Å²) < 4.78 is 5.89. The van der Waals surface area contributed by atoms with Gasteiger partial charge in [0.2, 0.25) is 0 Å². The van der Waals surface area contributed by atoms with Crippen LogP contribution in [0.25, 0.3) is 0 Å². The Morgan fingerprint density at radius 2 is 2.24 bits per heavy atom. The van der Waals surface area contributed by atoms with Gasteiger partial charge in [0.15, 0.2) is 0 Å². The van der Waals surface area contributed by atoms with Crippen LogP contribution in [0.2, 0.25) is 0 Å². The van der Waals surface area contributed by atoms with E-state index in [0.29, 0.717) is 12.1 Å². The van der Waals surface area contributed by atoms with Crippen LogP contribution in [0.5, 0.6) is 0 Å². The van der Waals surface area contributed by atoms with Crippen molar-refractivity contribution in [2.24, 2.45) is 5.92 Å². The van der Waals surface area contributed by atoms with Gasteiger partial charge in [0.1, 0.15) is 0 Å².